The number of H-pyrrole nitrogens is 1. The second-order valence-corrected chi connectivity index (χ2v) is 7.91. The third-order valence-electron chi connectivity index (χ3n) is 6.31. The van der Waals surface area contributed by atoms with E-state index in [0.29, 0.717) is 0 Å². The summed E-state index contributed by atoms with van der Waals surface area (Å²) in [7, 11) is 0. The number of nitrogens with one attached hydrogen (secondary N) is 1. The predicted octanol–water partition coefficient (Wildman–Crippen LogP) is 7.57. The maximum atomic E-state index is 3.72. The van der Waals surface area contributed by atoms with E-state index in [1.54, 1.807) is 0 Å². The first kappa shape index (κ1) is 15.8. The Bertz CT molecular complexity index is 1730. The average Bonchev–Trinajstić information content (AvgIpc) is 3.35. The van der Waals surface area contributed by atoms with Crippen molar-refractivity contribution in [2.75, 3.05) is 0 Å². The van der Waals surface area contributed by atoms with Crippen LogP contribution in [-0.2, 0) is 0 Å². The molecule has 2 nitrogen and oxygen atoms in total. The first-order valence-corrected chi connectivity index (χ1v) is 10.3. The van der Waals surface area contributed by atoms with Gasteiger partial charge in [-0.15, -0.1) is 0 Å². The van der Waals surface area contributed by atoms with Crippen molar-refractivity contribution in [2.45, 2.75) is 0 Å². The lowest BCUT2D eigenvalue weighted by atomic mass is 10.0. The molecular formula is C28H18N2. The molecule has 0 saturated carbocycles. The molecule has 0 bridgehead atoms. The Labute approximate surface area is 173 Å². The number of aromatic nitrogens is 2. The summed E-state index contributed by atoms with van der Waals surface area (Å²) in [6.07, 6.45) is 0. The molecule has 2 aromatic heterocycles. The summed E-state index contributed by atoms with van der Waals surface area (Å²) in [5.41, 5.74) is 6.07. The molecule has 0 fully saturated rings. The third kappa shape index (κ3) is 1.98. The Morgan fingerprint density at radius 3 is 2.10 bits per heavy atom. The minimum atomic E-state index is 1.18. The largest absolute Gasteiger partial charge is 0.354 e. The zero-order chi connectivity index (χ0) is 19.7. The van der Waals surface area contributed by atoms with E-state index in [1.165, 1.54) is 60.1 Å². The van der Waals surface area contributed by atoms with Gasteiger partial charge in [0, 0.05) is 38.1 Å². The highest BCUT2D eigenvalue weighted by Gasteiger charge is 2.17. The molecule has 0 unspecified atom stereocenters. The van der Waals surface area contributed by atoms with Crippen molar-refractivity contribution in [3.8, 4) is 5.69 Å². The van der Waals surface area contributed by atoms with Crippen LogP contribution in [-0.4, -0.2) is 9.55 Å². The molecule has 0 atom stereocenters. The second kappa shape index (κ2) is 5.74. The van der Waals surface area contributed by atoms with Crippen LogP contribution in [0.2, 0.25) is 0 Å². The fourth-order valence-electron chi connectivity index (χ4n) is 5.03. The van der Waals surface area contributed by atoms with E-state index >= 15 is 0 Å². The van der Waals surface area contributed by atoms with E-state index in [9.17, 15) is 0 Å². The lowest BCUT2D eigenvalue weighted by Gasteiger charge is -2.10. The van der Waals surface area contributed by atoms with Crippen molar-refractivity contribution in [2.24, 2.45) is 0 Å². The maximum absolute atomic E-state index is 3.72. The molecule has 2 heterocycles. The molecule has 7 aromatic rings. The van der Waals surface area contributed by atoms with E-state index in [4.69, 9.17) is 0 Å². The van der Waals surface area contributed by atoms with Crippen LogP contribution in [0.15, 0.2) is 103 Å². The fourth-order valence-corrected chi connectivity index (χ4v) is 5.03. The Morgan fingerprint density at radius 1 is 0.533 bits per heavy atom. The van der Waals surface area contributed by atoms with Gasteiger partial charge in [-0.1, -0.05) is 78.9 Å². The van der Waals surface area contributed by atoms with Crippen molar-refractivity contribution in [3.05, 3.63) is 103 Å². The molecular weight excluding hydrogens is 364 g/mol. The van der Waals surface area contributed by atoms with Crippen LogP contribution in [0, 0.1) is 0 Å². The van der Waals surface area contributed by atoms with E-state index in [-0.39, 0.29) is 0 Å². The van der Waals surface area contributed by atoms with Crippen LogP contribution < -0.4 is 0 Å². The lowest BCUT2D eigenvalue weighted by Crippen LogP contribution is -1.94. The molecule has 0 saturated heterocycles. The standard InChI is InChI=1S/C28H18N2/c1-2-8-19(9-3-1)30-25-13-7-5-11-21(25)23-17-15-18-14-16-22-20-10-4-6-12-24(20)29-27(22)26(18)28(23)30/h1-17,29H. The van der Waals surface area contributed by atoms with E-state index < -0.39 is 0 Å². The first-order chi connectivity index (χ1) is 14.9. The molecule has 1 N–H and O–H groups in total. The number of rotatable bonds is 1. The summed E-state index contributed by atoms with van der Waals surface area (Å²) in [6.45, 7) is 0. The van der Waals surface area contributed by atoms with Gasteiger partial charge in [0.25, 0.3) is 0 Å². The number of fused-ring (bicyclic) bond motifs is 9. The van der Waals surface area contributed by atoms with Crippen LogP contribution in [0.5, 0.6) is 0 Å². The monoisotopic (exact) mass is 382 g/mol. The molecule has 2 heteroatoms. The number of aromatic amines is 1. The Hall–Kier alpha value is -4.04. The smallest absolute Gasteiger partial charge is 0.0640 e. The molecule has 0 amide bonds. The summed E-state index contributed by atoms with van der Waals surface area (Å²) in [5.74, 6) is 0. The molecule has 0 aliphatic carbocycles. The summed E-state index contributed by atoms with van der Waals surface area (Å²) in [5, 5.41) is 7.64. The first-order valence-electron chi connectivity index (χ1n) is 10.3. The highest BCUT2D eigenvalue weighted by Crippen LogP contribution is 2.40. The number of hydrogen-bond acceptors (Lipinski definition) is 0. The SMILES string of the molecule is c1ccc(-n2c3ccccc3c3ccc4ccc5c6ccccc6[nH]c5c4c32)cc1. The average molecular weight is 382 g/mol. The van der Waals surface area contributed by atoms with Gasteiger partial charge in [0.1, 0.15) is 0 Å². The number of benzene rings is 5. The number of hydrogen-bond donors (Lipinski definition) is 1. The van der Waals surface area contributed by atoms with Crippen LogP contribution in [0.1, 0.15) is 0 Å². The predicted molar refractivity (Wildman–Crippen MR) is 128 cm³/mol. The Balaban J connectivity index is 1.81. The quantitative estimate of drug-likeness (QED) is 0.302. The topological polar surface area (TPSA) is 20.7 Å². The summed E-state index contributed by atoms with van der Waals surface area (Å²) in [6, 6.07) is 37.0. The van der Waals surface area contributed by atoms with Gasteiger partial charge >= 0.3 is 0 Å². The lowest BCUT2D eigenvalue weighted by molar-refractivity contribution is 1.19. The fraction of sp³-hybridized carbons (Fsp3) is 0. The highest BCUT2D eigenvalue weighted by atomic mass is 15.0. The van der Waals surface area contributed by atoms with E-state index in [2.05, 4.69) is 113 Å². The van der Waals surface area contributed by atoms with Crippen molar-refractivity contribution in [1.82, 2.24) is 9.55 Å². The minimum Gasteiger partial charge on any atom is -0.354 e. The number of para-hydroxylation sites is 3. The van der Waals surface area contributed by atoms with Crippen molar-refractivity contribution in [1.29, 1.82) is 0 Å². The van der Waals surface area contributed by atoms with Crippen LogP contribution in [0.4, 0.5) is 0 Å². The normalized spacial score (nSPS) is 12.0. The summed E-state index contributed by atoms with van der Waals surface area (Å²) in [4.78, 5) is 3.72. The zero-order valence-corrected chi connectivity index (χ0v) is 16.3. The van der Waals surface area contributed by atoms with Gasteiger partial charge in [-0.3, -0.25) is 0 Å². The summed E-state index contributed by atoms with van der Waals surface area (Å²) >= 11 is 0. The van der Waals surface area contributed by atoms with Gasteiger partial charge in [-0.2, -0.15) is 0 Å². The molecule has 5 aromatic carbocycles. The Morgan fingerprint density at radius 2 is 1.23 bits per heavy atom. The third-order valence-corrected chi connectivity index (χ3v) is 6.31. The second-order valence-electron chi connectivity index (χ2n) is 7.91. The Kier molecular flexibility index (Phi) is 3.03. The minimum absolute atomic E-state index is 1.18. The molecule has 30 heavy (non-hydrogen) atoms. The van der Waals surface area contributed by atoms with E-state index in [0.717, 1.165) is 0 Å². The molecule has 140 valence electrons. The zero-order valence-electron chi connectivity index (χ0n) is 16.3. The van der Waals surface area contributed by atoms with Crippen LogP contribution >= 0.6 is 0 Å². The van der Waals surface area contributed by atoms with Gasteiger partial charge in [-0.05, 0) is 29.7 Å². The van der Waals surface area contributed by atoms with Crippen LogP contribution in [0.25, 0.3) is 60.1 Å². The van der Waals surface area contributed by atoms with E-state index in [1.807, 2.05) is 0 Å². The molecule has 7 rings (SSSR count). The van der Waals surface area contributed by atoms with Gasteiger partial charge in [0.2, 0.25) is 0 Å². The molecule has 0 radical (unpaired) electrons. The molecule has 0 aliphatic heterocycles. The number of nitrogens with zero attached hydrogens (tertiary/aromatic N) is 1. The van der Waals surface area contributed by atoms with Gasteiger partial charge in [-0.25, -0.2) is 0 Å². The van der Waals surface area contributed by atoms with Gasteiger partial charge in [0.15, 0.2) is 0 Å². The highest BCUT2D eigenvalue weighted by molar-refractivity contribution is 6.27. The maximum Gasteiger partial charge on any atom is 0.0640 e. The van der Waals surface area contributed by atoms with Crippen molar-refractivity contribution < 1.29 is 0 Å². The molecule has 0 aliphatic rings. The van der Waals surface area contributed by atoms with Crippen molar-refractivity contribution >= 4 is 54.4 Å². The molecule has 0 spiro atoms. The van der Waals surface area contributed by atoms with Gasteiger partial charge < -0.3 is 9.55 Å². The summed E-state index contributed by atoms with van der Waals surface area (Å²) < 4.78 is 2.41. The van der Waals surface area contributed by atoms with Gasteiger partial charge in [0.05, 0.1) is 16.6 Å². The van der Waals surface area contributed by atoms with Crippen molar-refractivity contribution in [3.63, 3.8) is 0 Å². The van der Waals surface area contributed by atoms with Crippen LogP contribution in [0.3, 0.4) is 0 Å².